The van der Waals surface area contributed by atoms with Crippen molar-refractivity contribution >= 4 is 12.1 Å². The molecule has 1 aromatic carbocycles. The number of carbonyl (C=O) groups excluding carboxylic acids is 2. The summed E-state index contributed by atoms with van der Waals surface area (Å²) in [6.45, 7) is 0.416. The number of carbonyl (C=O) groups is 2. The van der Waals surface area contributed by atoms with Crippen LogP contribution >= 0.6 is 0 Å². The molecule has 1 unspecified atom stereocenters. The van der Waals surface area contributed by atoms with E-state index >= 15 is 0 Å². The first-order valence-electron chi connectivity index (χ1n) is 5.36. The lowest BCUT2D eigenvalue weighted by molar-refractivity contribution is -0.110. The number of nitrogens with zero attached hydrogens (tertiary/aromatic N) is 1. The molecule has 0 bridgehead atoms. The third kappa shape index (κ3) is 3.67. The van der Waals surface area contributed by atoms with Crippen LogP contribution in [0.3, 0.4) is 0 Å². The third-order valence-corrected chi connectivity index (χ3v) is 2.42. The van der Waals surface area contributed by atoms with Crippen LogP contribution in [0.2, 0.25) is 0 Å². The van der Waals surface area contributed by atoms with Crippen LogP contribution in [0.1, 0.15) is 10.4 Å². The minimum absolute atomic E-state index is 0.174. The monoisotopic (exact) mass is 235 g/mol. The number of ketones is 1. The molecule has 0 aliphatic carbocycles. The van der Waals surface area contributed by atoms with E-state index in [4.69, 9.17) is 4.74 Å². The molecule has 17 heavy (non-hydrogen) atoms. The van der Waals surface area contributed by atoms with Crippen molar-refractivity contribution in [1.82, 2.24) is 4.90 Å². The standard InChI is InChI=1S/C13H17NO3/c1-14(2)8-11(9-15)13(16)10-5-4-6-12(7-10)17-3/h4-7,9,11H,8H2,1-3H3. The van der Waals surface area contributed by atoms with E-state index in [-0.39, 0.29) is 5.78 Å². The van der Waals surface area contributed by atoms with E-state index in [0.29, 0.717) is 24.1 Å². The Balaban J connectivity index is 2.89. The van der Waals surface area contributed by atoms with E-state index in [0.717, 1.165) is 0 Å². The van der Waals surface area contributed by atoms with E-state index < -0.39 is 5.92 Å². The molecule has 0 fully saturated rings. The molecule has 1 aromatic rings. The lowest BCUT2D eigenvalue weighted by atomic mass is 9.98. The fraction of sp³-hybridized carbons (Fsp3) is 0.385. The number of Topliss-reactive ketones (excluding diaryl/α,β-unsaturated/α-hetero) is 1. The molecule has 0 amide bonds. The van der Waals surface area contributed by atoms with Crippen LogP contribution in [0.4, 0.5) is 0 Å². The number of benzene rings is 1. The zero-order valence-corrected chi connectivity index (χ0v) is 10.3. The molecular weight excluding hydrogens is 218 g/mol. The minimum atomic E-state index is -0.628. The first-order chi connectivity index (χ1) is 8.08. The second kappa shape index (κ2) is 6.15. The average molecular weight is 235 g/mol. The van der Waals surface area contributed by atoms with Gasteiger partial charge in [0.1, 0.15) is 12.0 Å². The van der Waals surface area contributed by atoms with Gasteiger partial charge >= 0.3 is 0 Å². The Hall–Kier alpha value is -1.68. The van der Waals surface area contributed by atoms with E-state index in [1.54, 1.807) is 31.4 Å². The molecule has 1 rings (SSSR count). The van der Waals surface area contributed by atoms with E-state index in [1.807, 2.05) is 19.0 Å². The largest absolute Gasteiger partial charge is 0.497 e. The van der Waals surface area contributed by atoms with Gasteiger partial charge < -0.3 is 14.4 Å². The van der Waals surface area contributed by atoms with Gasteiger partial charge in [0.05, 0.1) is 13.0 Å². The van der Waals surface area contributed by atoms with Crippen LogP contribution in [0, 0.1) is 5.92 Å². The quantitative estimate of drug-likeness (QED) is 0.423. The summed E-state index contributed by atoms with van der Waals surface area (Å²) >= 11 is 0. The molecule has 4 heteroatoms. The fourth-order valence-electron chi connectivity index (χ4n) is 1.57. The average Bonchev–Trinajstić information content (AvgIpc) is 2.35. The van der Waals surface area contributed by atoms with Crippen molar-refractivity contribution in [3.05, 3.63) is 29.8 Å². The molecule has 0 saturated heterocycles. The molecule has 0 radical (unpaired) electrons. The normalized spacial score (nSPS) is 12.2. The van der Waals surface area contributed by atoms with E-state index in [2.05, 4.69) is 0 Å². The van der Waals surface area contributed by atoms with Crippen LogP contribution in [0.5, 0.6) is 5.75 Å². The van der Waals surface area contributed by atoms with Gasteiger partial charge in [0.15, 0.2) is 5.78 Å². The lowest BCUT2D eigenvalue weighted by Gasteiger charge is -2.15. The second-order valence-electron chi connectivity index (χ2n) is 4.10. The molecule has 0 aliphatic heterocycles. The fourth-order valence-corrected chi connectivity index (χ4v) is 1.57. The van der Waals surface area contributed by atoms with E-state index in [1.165, 1.54) is 0 Å². The van der Waals surface area contributed by atoms with Gasteiger partial charge in [-0.3, -0.25) is 4.79 Å². The van der Waals surface area contributed by atoms with Crippen molar-refractivity contribution in [2.45, 2.75) is 0 Å². The summed E-state index contributed by atoms with van der Waals surface area (Å²) in [5, 5.41) is 0. The number of hydrogen-bond acceptors (Lipinski definition) is 4. The number of ether oxygens (including phenoxy) is 1. The van der Waals surface area contributed by atoms with Gasteiger partial charge in [-0.15, -0.1) is 0 Å². The van der Waals surface area contributed by atoms with Crippen molar-refractivity contribution in [3.8, 4) is 5.75 Å². The molecule has 0 aliphatic rings. The van der Waals surface area contributed by atoms with Crippen LogP contribution in [-0.2, 0) is 4.79 Å². The first kappa shape index (κ1) is 13.4. The van der Waals surface area contributed by atoms with Crippen LogP contribution in [0.15, 0.2) is 24.3 Å². The highest BCUT2D eigenvalue weighted by molar-refractivity contribution is 6.05. The van der Waals surface area contributed by atoms with Gasteiger partial charge in [0.25, 0.3) is 0 Å². The summed E-state index contributed by atoms with van der Waals surface area (Å²) in [4.78, 5) is 24.8. The molecule has 0 saturated carbocycles. The Kier molecular flexibility index (Phi) is 4.84. The van der Waals surface area contributed by atoms with Gasteiger partial charge in [0.2, 0.25) is 0 Å². The predicted molar refractivity (Wildman–Crippen MR) is 65.4 cm³/mol. The molecule has 0 N–H and O–H groups in total. The summed E-state index contributed by atoms with van der Waals surface area (Å²) in [5.74, 6) is -0.185. The topological polar surface area (TPSA) is 46.6 Å². The van der Waals surface area contributed by atoms with Gasteiger partial charge in [-0.2, -0.15) is 0 Å². The summed E-state index contributed by atoms with van der Waals surface area (Å²) < 4.78 is 5.05. The Morgan fingerprint density at radius 3 is 2.71 bits per heavy atom. The minimum Gasteiger partial charge on any atom is -0.497 e. The molecule has 0 aromatic heterocycles. The Labute approximate surface area is 101 Å². The molecule has 92 valence electrons. The summed E-state index contributed by atoms with van der Waals surface area (Å²) in [6, 6.07) is 6.84. The lowest BCUT2D eigenvalue weighted by Crippen LogP contribution is -2.29. The SMILES string of the molecule is COc1cccc(C(=O)C(C=O)CN(C)C)c1. The van der Waals surface area contributed by atoms with Crippen LogP contribution < -0.4 is 4.74 Å². The first-order valence-corrected chi connectivity index (χ1v) is 5.36. The highest BCUT2D eigenvalue weighted by Crippen LogP contribution is 2.15. The Morgan fingerprint density at radius 1 is 1.47 bits per heavy atom. The third-order valence-electron chi connectivity index (χ3n) is 2.42. The second-order valence-corrected chi connectivity index (χ2v) is 4.10. The van der Waals surface area contributed by atoms with Crippen LogP contribution in [-0.4, -0.2) is 44.7 Å². The van der Waals surface area contributed by atoms with E-state index in [9.17, 15) is 9.59 Å². The number of hydrogen-bond donors (Lipinski definition) is 0. The number of aldehydes is 1. The number of methoxy groups -OCH3 is 1. The summed E-state index contributed by atoms with van der Waals surface area (Å²) in [5.41, 5.74) is 0.503. The van der Waals surface area contributed by atoms with Crippen molar-refractivity contribution < 1.29 is 14.3 Å². The Morgan fingerprint density at radius 2 is 2.18 bits per heavy atom. The molecular formula is C13H17NO3. The smallest absolute Gasteiger partial charge is 0.174 e. The van der Waals surface area contributed by atoms with Gasteiger partial charge in [-0.05, 0) is 26.2 Å². The molecule has 4 nitrogen and oxygen atoms in total. The zero-order chi connectivity index (χ0) is 12.8. The van der Waals surface area contributed by atoms with Gasteiger partial charge in [-0.25, -0.2) is 0 Å². The molecule has 0 spiro atoms. The summed E-state index contributed by atoms with van der Waals surface area (Å²) in [7, 11) is 5.20. The van der Waals surface area contributed by atoms with Crippen molar-refractivity contribution in [2.24, 2.45) is 5.92 Å². The predicted octanol–water partition coefficient (Wildman–Crippen LogP) is 1.25. The highest BCUT2D eigenvalue weighted by Gasteiger charge is 2.20. The van der Waals surface area contributed by atoms with Crippen molar-refractivity contribution in [1.29, 1.82) is 0 Å². The van der Waals surface area contributed by atoms with Gasteiger partial charge in [-0.1, -0.05) is 12.1 Å². The molecule has 0 heterocycles. The maximum Gasteiger partial charge on any atom is 0.174 e. The highest BCUT2D eigenvalue weighted by atomic mass is 16.5. The maximum absolute atomic E-state index is 12.1. The summed E-state index contributed by atoms with van der Waals surface area (Å²) in [6.07, 6.45) is 0.696. The molecule has 1 atom stereocenters. The van der Waals surface area contributed by atoms with Crippen molar-refractivity contribution in [2.75, 3.05) is 27.7 Å². The van der Waals surface area contributed by atoms with Crippen molar-refractivity contribution in [3.63, 3.8) is 0 Å². The zero-order valence-electron chi connectivity index (χ0n) is 10.3. The van der Waals surface area contributed by atoms with Crippen LogP contribution in [0.25, 0.3) is 0 Å². The Bertz CT molecular complexity index is 401. The van der Waals surface area contributed by atoms with Gasteiger partial charge in [0, 0.05) is 12.1 Å². The maximum atomic E-state index is 12.1. The number of rotatable bonds is 6.